The summed E-state index contributed by atoms with van der Waals surface area (Å²) in [4.78, 5) is 4.55. The van der Waals surface area contributed by atoms with Gasteiger partial charge in [0.2, 0.25) is 0 Å². The van der Waals surface area contributed by atoms with E-state index in [1.165, 1.54) is 0 Å². The molecule has 0 aromatic heterocycles. The molecule has 0 aromatic rings. The molecule has 3 nitrogen and oxygen atoms in total. The average Bonchev–Trinajstić information content (AvgIpc) is 2.19. The predicted molar refractivity (Wildman–Crippen MR) is 67.4 cm³/mol. The van der Waals surface area contributed by atoms with Gasteiger partial charge in [-0.15, -0.1) is 11.8 Å². The number of nitrogens with zero attached hydrogens (tertiary/aromatic N) is 3. The van der Waals surface area contributed by atoms with Crippen molar-refractivity contribution in [3.63, 3.8) is 0 Å². The monoisotopic (exact) mass is 223 g/mol. The molecule has 15 heavy (non-hydrogen) atoms. The van der Waals surface area contributed by atoms with Gasteiger partial charge < -0.3 is 0 Å². The highest BCUT2D eigenvalue weighted by Gasteiger charge is 2.34. The van der Waals surface area contributed by atoms with Crippen molar-refractivity contribution in [2.75, 3.05) is 13.3 Å². The molecule has 0 unspecified atom stereocenters. The maximum absolute atomic E-state index is 4.55. The van der Waals surface area contributed by atoms with Gasteiger partial charge in [-0.3, -0.25) is 0 Å². The van der Waals surface area contributed by atoms with Crippen LogP contribution in [0.5, 0.6) is 0 Å². The van der Waals surface area contributed by atoms with E-state index in [-0.39, 0.29) is 5.41 Å². The summed E-state index contributed by atoms with van der Waals surface area (Å²) in [5.74, 6) is 0. The fourth-order valence-electron chi connectivity index (χ4n) is 1.52. The third-order valence-electron chi connectivity index (χ3n) is 2.58. The summed E-state index contributed by atoms with van der Waals surface area (Å²) in [5.41, 5.74) is 2.57. The van der Waals surface area contributed by atoms with Crippen molar-refractivity contribution in [2.45, 2.75) is 20.8 Å². The molecule has 0 spiro atoms. The molecule has 0 aromatic carbocycles. The van der Waals surface area contributed by atoms with Crippen LogP contribution >= 0.6 is 11.8 Å². The lowest BCUT2D eigenvalue weighted by Crippen LogP contribution is -2.27. The van der Waals surface area contributed by atoms with Crippen molar-refractivity contribution in [1.82, 2.24) is 0 Å². The lowest BCUT2D eigenvalue weighted by molar-refractivity contribution is 0.630. The van der Waals surface area contributed by atoms with Gasteiger partial charge in [-0.1, -0.05) is 6.58 Å². The molecule has 1 aliphatic heterocycles. The van der Waals surface area contributed by atoms with Gasteiger partial charge in [0.05, 0.1) is 10.7 Å². The smallest absolute Gasteiger partial charge is 0.110 e. The first kappa shape index (κ1) is 12.2. The maximum Gasteiger partial charge on any atom is 0.110 e. The Labute approximate surface area is 95.5 Å². The van der Waals surface area contributed by atoms with Crippen molar-refractivity contribution >= 4 is 16.8 Å². The Morgan fingerprint density at radius 3 is 2.47 bits per heavy atom. The highest BCUT2D eigenvalue weighted by molar-refractivity contribution is 8.13. The highest BCUT2D eigenvalue weighted by Crippen LogP contribution is 2.41. The van der Waals surface area contributed by atoms with E-state index in [4.69, 9.17) is 0 Å². The van der Waals surface area contributed by atoms with E-state index in [2.05, 4.69) is 35.6 Å². The molecule has 1 aliphatic rings. The second kappa shape index (κ2) is 4.31. The summed E-state index contributed by atoms with van der Waals surface area (Å²) in [7, 11) is 1.66. The Bertz CT molecular complexity index is 375. The minimum Gasteiger partial charge on any atom is -0.248 e. The molecule has 0 atom stereocenters. The van der Waals surface area contributed by atoms with E-state index < -0.39 is 0 Å². The summed E-state index contributed by atoms with van der Waals surface area (Å²) >= 11 is 1.66. The molecule has 82 valence electrons. The number of hydrogen-bond acceptors (Lipinski definition) is 4. The lowest BCUT2D eigenvalue weighted by Gasteiger charge is -2.32. The summed E-state index contributed by atoms with van der Waals surface area (Å²) in [5, 5.41) is 8.99. The van der Waals surface area contributed by atoms with Gasteiger partial charge in [0.15, 0.2) is 0 Å². The second-order valence-corrected chi connectivity index (χ2v) is 4.75. The Hall–Kier alpha value is -0.900. The zero-order chi connectivity index (χ0) is 11.6. The second-order valence-electron chi connectivity index (χ2n) is 3.96. The summed E-state index contributed by atoms with van der Waals surface area (Å²) in [6.07, 6.45) is 2.04. The molecule has 0 radical (unpaired) electrons. The summed E-state index contributed by atoms with van der Waals surface area (Å²) in [6.45, 7) is 10.3. The van der Waals surface area contributed by atoms with Crippen molar-refractivity contribution < 1.29 is 0 Å². The topological polar surface area (TPSA) is 37.1 Å². The van der Waals surface area contributed by atoms with Crippen molar-refractivity contribution in [2.24, 2.45) is 20.6 Å². The molecule has 1 heterocycles. The van der Waals surface area contributed by atoms with E-state index >= 15 is 0 Å². The Morgan fingerprint density at radius 2 is 2.00 bits per heavy atom. The molecule has 0 saturated heterocycles. The number of azo groups is 1. The molecule has 0 saturated carbocycles. The molecule has 0 fully saturated rings. The van der Waals surface area contributed by atoms with Crippen LogP contribution < -0.4 is 0 Å². The number of aliphatic imine (C=N–C) groups is 1. The van der Waals surface area contributed by atoms with Crippen LogP contribution in [0.3, 0.4) is 0 Å². The van der Waals surface area contributed by atoms with E-state index in [1.807, 2.05) is 13.2 Å². The van der Waals surface area contributed by atoms with Crippen LogP contribution in [0.15, 0.2) is 38.8 Å². The van der Waals surface area contributed by atoms with Crippen molar-refractivity contribution in [3.8, 4) is 0 Å². The molecular weight excluding hydrogens is 206 g/mol. The molecule has 0 aliphatic carbocycles. The number of thioether (sulfide) groups is 1. The van der Waals surface area contributed by atoms with Gasteiger partial charge >= 0.3 is 0 Å². The molecular formula is C11H17N3S. The third-order valence-corrected chi connectivity index (χ3v) is 3.57. The first-order valence-corrected chi connectivity index (χ1v) is 6.01. The zero-order valence-corrected chi connectivity index (χ0v) is 10.8. The first-order chi connectivity index (χ1) is 6.95. The molecule has 4 heteroatoms. The van der Waals surface area contributed by atoms with E-state index in [1.54, 1.807) is 18.8 Å². The first-order valence-electron chi connectivity index (χ1n) is 4.78. The molecule has 0 N–H and O–H groups in total. The van der Waals surface area contributed by atoms with Crippen LogP contribution in [0.25, 0.3) is 0 Å². The molecule has 0 bridgehead atoms. The molecule has 1 rings (SSSR count). The van der Waals surface area contributed by atoms with Gasteiger partial charge in [-0.05, 0) is 32.6 Å². The van der Waals surface area contributed by atoms with Crippen LogP contribution in [0, 0.1) is 5.41 Å². The maximum atomic E-state index is 4.55. The van der Waals surface area contributed by atoms with E-state index in [0.717, 1.165) is 22.0 Å². The van der Waals surface area contributed by atoms with Crippen LogP contribution in [0.4, 0.5) is 0 Å². The van der Waals surface area contributed by atoms with Gasteiger partial charge in [0.25, 0.3) is 0 Å². The summed E-state index contributed by atoms with van der Waals surface area (Å²) in [6, 6.07) is 0. The standard InChI is InChI=1S/C11H17N3S/c1-7-9(14-12-5)8(2)13-10(15-6)11(7,3)4/h1H2,2-6H3. The van der Waals surface area contributed by atoms with Gasteiger partial charge in [0, 0.05) is 12.5 Å². The van der Waals surface area contributed by atoms with Crippen LogP contribution in [0.1, 0.15) is 20.8 Å². The SMILES string of the molecule is C=C1C(N=NC)=C(C)N=C(SC)C1(C)C. The number of allylic oxidation sites excluding steroid dienone is 2. The zero-order valence-electron chi connectivity index (χ0n) is 9.96. The van der Waals surface area contributed by atoms with Crippen molar-refractivity contribution in [1.29, 1.82) is 0 Å². The van der Waals surface area contributed by atoms with Gasteiger partial charge in [-0.2, -0.15) is 10.2 Å². The Balaban J connectivity index is 3.30. The van der Waals surface area contributed by atoms with Crippen molar-refractivity contribution in [3.05, 3.63) is 23.5 Å². The minimum atomic E-state index is -0.136. The van der Waals surface area contributed by atoms with Crippen LogP contribution in [-0.2, 0) is 0 Å². The van der Waals surface area contributed by atoms with Crippen LogP contribution in [0.2, 0.25) is 0 Å². The van der Waals surface area contributed by atoms with Crippen LogP contribution in [-0.4, -0.2) is 18.3 Å². The number of hydrogen-bond donors (Lipinski definition) is 0. The Kier molecular flexibility index (Phi) is 3.50. The normalized spacial score (nSPS) is 21.1. The third kappa shape index (κ3) is 2.04. The minimum absolute atomic E-state index is 0.136. The van der Waals surface area contributed by atoms with E-state index in [9.17, 15) is 0 Å². The average molecular weight is 223 g/mol. The fourth-order valence-corrected chi connectivity index (χ4v) is 2.38. The highest BCUT2D eigenvalue weighted by atomic mass is 32.2. The van der Waals surface area contributed by atoms with E-state index in [0.29, 0.717) is 0 Å². The van der Waals surface area contributed by atoms with Gasteiger partial charge in [-0.25, -0.2) is 4.99 Å². The van der Waals surface area contributed by atoms with Gasteiger partial charge in [0.1, 0.15) is 5.70 Å². The quantitative estimate of drug-likeness (QED) is 0.625. The number of rotatable bonds is 1. The predicted octanol–water partition coefficient (Wildman–Crippen LogP) is 3.66. The lowest BCUT2D eigenvalue weighted by atomic mass is 9.82. The summed E-state index contributed by atoms with van der Waals surface area (Å²) < 4.78 is 0. The largest absolute Gasteiger partial charge is 0.248 e. The fraction of sp³-hybridized carbons (Fsp3) is 0.545. The Morgan fingerprint density at radius 1 is 1.40 bits per heavy atom. The molecule has 0 amide bonds.